The summed E-state index contributed by atoms with van der Waals surface area (Å²) in [5, 5.41) is 3.30. The Morgan fingerprint density at radius 3 is 2.21 bits per heavy atom. The van der Waals surface area contributed by atoms with E-state index in [1.165, 1.54) is 37.3 Å². The van der Waals surface area contributed by atoms with Crippen molar-refractivity contribution in [1.82, 2.24) is 10.2 Å². The van der Waals surface area contributed by atoms with E-state index in [-0.39, 0.29) is 34.8 Å². The molecule has 42 heavy (non-hydrogen) atoms. The van der Waals surface area contributed by atoms with Crippen molar-refractivity contribution >= 4 is 39.1 Å². The monoisotopic (exact) mass is 615 g/mol. The van der Waals surface area contributed by atoms with Crippen LogP contribution in [0.4, 0.5) is 5.69 Å². The first-order valence-electron chi connectivity index (χ1n) is 13.6. The molecule has 3 aromatic carbocycles. The molecule has 11 heteroatoms. The lowest BCUT2D eigenvalue weighted by atomic mass is 10.1. The van der Waals surface area contributed by atoms with Crippen LogP contribution in [-0.4, -0.2) is 58.0 Å². The number of carbonyl (C=O) groups excluding carboxylic acids is 2. The number of nitrogens with one attached hydrogen (secondary N) is 1. The first-order chi connectivity index (χ1) is 19.9. The summed E-state index contributed by atoms with van der Waals surface area (Å²) in [5.41, 5.74) is 1.61. The fourth-order valence-electron chi connectivity index (χ4n) is 4.45. The molecule has 0 aromatic heterocycles. The number of aryl methyl sites for hydroxylation is 1. The maximum atomic E-state index is 14.2. The normalized spacial score (nSPS) is 12.0. The summed E-state index contributed by atoms with van der Waals surface area (Å²) in [6.45, 7) is 6.68. The van der Waals surface area contributed by atoms with E-state index in [4.69, 9.17) is 21.1 Å². The zero-order valence-electron chi connectivity index (χ0n) is 24.8. The van der Waals surface area contributed by atoms with Gasteiger partial charge in [0.05, 0.1) is 24.8 Å². The summed E-state index contributed by atoms with van der Waals surface area (Å²) in [6, 6.07) is 17.0. The molecular weight excluding hydrogens is 578 g/mol. The number of halogens is 1. The number of carbonyl (C=O) groups is 2. The molecule has 0 heterocycles. The number of rotatable bonds is 13. The van der Waals surface area contributed by atoms with E-state index in [1.54, 1.807) is 55.5 Å². The van der Waals surface area contributed by atoms with Gasteiger partial charge in [0.25, 0.3) is 10.0 Å². The first kappa shape index (κ1) is 32.8. The van der Waals surface area contributed by atoms with Crippen molar-refractivity contribution in [1.29, 1.82) is 0 Å². The third-order valence-electron chi connectivity index (χ3n) is 6.66. The number of hydrogen-bond donors (Lipinski definition) is 1. The Morgan fingerprint density at radius 2 is 1.64 bits per heavy atom. The van der Waals surface area contributed by atoms with Crippen molar-refractivity contribution in [3.8, 4) is 11.5 Å². The quantitative estimate of drug-likeness (QED) is 0.284. The summed E-state index contributed by atoms with van der Waals surface area (Å²) in [5.74, 6) is -0.347. The maximum Gasteiger partial charge on any atom is 0.264 e. The van der Waals surface area contributed by atoms with Gasteiger partial charge in [0.15, 0.2) is 0 Å². The molecule has 2 amide bonds. The highest BCUT2D eigenvalue weighted by Gasteiger charge is 2.35. The van der Waals surface area contributed by atoms with Crippen molar-refractivity contribution in [2.24, 2.45) is 0 Å². The zero-order valence-corrected chi connectivity index (χ0v) is 26.3. The smallest absolute Gasteiger partial charge is 0.264 e. The number of benzene rings is 3. The predicted octanol–water partition coefficient (Wildman–Crippen LogP) is 5.19. The molecule has 0 aliphatic rings. The summed E-state index contributed by atoms with van der Waals surface area (Å²) in [4.78, 5) is 28.9. The molecule has 0 aliphatic heterocycles. The summed E-state index contributed by atoms with van der Waals surface area (Å²) in [7, 11) is -1.41. The van der Waals surface area contributed by atoms with Crippen LogP contribution in [0.15, 0.2) is 71.6 Å². The van der Waals surface area contributed by atoms with Crippen molar-refractivity contribution in [3.05, 3.63) is 82.9 Å². The highest BCUT2D eigenvalue weighted by Crippen LogP contribution is 2.36. The third kappa shape index (κ3) is 7.74. The Morgan fingerprint density at radius 1 is 0.976 bits per heavy atom. The molecule has 0 aliphatic carbocycles. The van der Waals surface area contributed by atoms with Crippen LogP contribution in [0.3, 0.4) is 0 Å². The van der Waals surface area contributed by atoms with Gasteiger partial charge >= 0.3 is 0 Å². The van der Waals surface area contributed by atoms with Crippen molar-refractivity contribution in [3.63, 3.8) is 0 Å². The first-order valence-corrected chi connectivity index (χ1v) is 15.4. The van der Waals surface area contributed by atoms with Crippen LogP contribution >= 0.6 is 11.6 Å². The molecule has 0 spiro atoms. The van der Waals surface area contributed by atoms with E-state index in [1.807, 2.05) is 20.8 Å². The van der Waals surface area contributed by atoms with Crippen LogP contribution < -0.4 is 19.1 Å². The average Bonchev–Trinajstić information content (AvgIpc) is 2.96. The standard InChI is InChI=1S/C31H38ClN3O6S/c1-7-27(31(37)33-21(2)3)34(19-23-10-8-9-11-26(23)32)30(36)20-35(28-18-24(40-5)14-17-29(28)41-6)42(38,39)25-15-12-22(4)13-16-25/h8-18,21,27H,7,19-20H2,1-6H3,(H,33,37)/t27-/m1/s1. The van der Waals surface area contributed by atoms with Gasteiger partial charge in [-0.15, -0.1) is 0 Å². The topological polar surface area (TPSA) is 105 Å². The highest BCUT2D eigenvalue weighted by atomic mass is 35.5. The fourth-order valence-corrected chi connectivity index (χ4v) is 6.06. The number of methoxy groups -OCH3 is 2. The Kier molecular flexibility index (Phi) is 11.2. The van der Waals surface area contributed by atoms with E-state index in [0.717, 1.165) is 9.87 Å². The fraction of sp³-hybridized carbons (Fsp3) is 0.355. The lowest BCUT2D eigenvalue weighted by Crippen LogP contribution is -2.53. The molecule has 0 saturated carbocycles. The summed E-state index contributed by atoms with van der Waals surface area (Å²) < 4.78 is 40.2. The van der Waals surface area contributed by atoms with Gasteiger partial charge in [-0.3, -0.25) is 13.9 Å². The van der Waals surface area contributed by atoms with E-state index >= 15 is 0 Å². The SMILES string of the molecule is CC[C@H](C(=O)NC(C)C)N(Cc1ccccc1Cl)C(=O)CN(c1cc(OC)ccc1OC)S(=O)(=O)c1ccc(C)cc1. The number of amides is 2. The number of ether oxygens (including phenoxy) is 2. The largest absolute Gasteiger partial charge is 0.497 e. The van der Waals surface area contributed by atoms with Crippen LogP contribution in [-0.2, 0) is 26.2 Å². The Balaban J connectivity index is 2.17. The van der Waals surface area contributed by atoms with E-state index in [0.29, 0.717) is 22.8 Å². The second-order valence-corrected chi connectivity index (χ2v) is 12.3. The van der Waals surface area contributed by atoms with Gasteiger partial charge in [0, 0.05) is 23.7 Å². The second kappa shape index (κ2) is 14.4. The van der Waals surface area contributed by atoms with E-state index in [2.05, 4.69) is 5.32 Å². The van der Waals surface area contributed by atoms with Crippen LogP contribution in [0, 0.1) is 6.92 Å². The van der Waals surface area contributed by atoms with Gasteiger partial charge in [-0.2, -0.15) is 0 Å². The molecule has 226 valence electrons. The minimum atomic E-state index is -4.29. The lowest BCUT2D eigenvalue weighted by molar-refractivity contribution is -0.140. The van der Waals surface area contributed by atoms with Crippen LogP contribution in [0.5, 0.6) is 11.5 Å². The molecule has 0 radical (unpaired) electrons. The number of nitrogens with zero attached hydrogens (tertiary/aromatic N) is 2. The molecule has 1 atom stereocenters. The maximum absolute atomic E-state index is 14.2. The molecule has 0 unspecified atom stereocenters. The number of hydrogen-bond acceptors (Lipinski definition) is 6. The number of sulfonamides is 1. The predicted molar refractivity (Wildman–Crippen MR) is 165 cm³/mol. The molecule has 3 aromatic rings. The molecule has 1 N–H and O–H groups in total. The van der Waals surface area contributed by atoms with Crippen molar-refractivity contribution in [2.45, 2.75) is 57.6 Å². The Bertz CT molecular complexity index is 1490. The third-order valence-corrected chi connectivity index (χ3v) is 8.80. The van der Waals surface area contributed by atoms with Crippen LogP contribution in [0.2, 0.25) is 5.02 Å². The zero-order chi connectivity index (χ0) is 31.0. The van der Waals surface area contributed by atoms with Gasteiger partial charge in [-0.25, -0.2) is 8.42 Å². The van der Waals surface area contributed by atoms with E-state index in [9.17, 15) is 18.0 Å². The Hall–Kier alpha value is -3.76. The lowest BCUT2D eigenvalue weighted by Gasteiger charge is -2.34. The second-order valence-electron chi connectivity index (χ2n) is 10.1. The van der Waals surface area contributed by atoms with Crippen molar-refractivity contribution < 1.29 is 27.5 Å². The van der Waals surface area contributed by atoms with Crippen molar-refractivity contribution in [2.75, 3.05) is 25.1 Å². The minimum Gasteiger partial charge on any atom is -0.497 e. The van der Waals surface area contributed by atoms with Crippen LogP contribution in [0.25, 0.3) is 0 Å². The summed E-state index contributed by atoms with van der Waals surface area (Å²) >= 11 is 6.45. The molecule has 9 nitrogen and oxygen atoms in total. The average molecular weight is 616 g/mol. The molecule has 0 saturated heterocycles. The van der Waals surface area contributed by atoms with Gasteiger partial charge in [0.2, 0.25) is 11.8 Å². The Labute approximate surface area is 253 Å². The van der Waals surface area contributed by atoms with Gasteiger partial charge < -0.3 is 19.7 Å². The summed E-state index contributed by atoms with van der Waals surface area (Å²) in [6.07, 6.45) is 0.294. The van der Waals surface area contributed by atoms with Gasteiger partial charge in [-0.05, 0) is 63.1 Å². The minimum absolute atomic E-state index is 0.00378. The van der Waals surface area contributed by atoms with Crippen LogP contribution in [0.1, 0.15) is 38.3 Å². The molecule has 0 bridgehead atoms. The molecule has 0 fully saturated rings. The van der Waals surface area contributed by atoms with E-state index < -0.39 is 28.5 Å². The highest BCUT2D eigenvalue weighted by molar-refractivity contribution is 7.92. The molecular formula is C31H38ClN3O6S. The molecule has 3 rings (SSSR count). The van der Waals surface area contributed by atoms with Gasteiger partial charge in [0.1, 0.15) is 24.1 Å². The number of anilines is 1. The van der Waals surface area contributed by atoms with Gasteiger partial charge in [-0.1, -0.05) is 54.4 Å².